The second-order valence-electron chi connectivity index (χ2n) is 15.1. The van der Waals surface area contributed by atoms with E-state index in [9.17, 15) is 13.2 Å². The van der Waals surface area contributed by atoms with E-state index in [2.05, 4.69) is 37.9 Å². The Labute approximate surface area is 319 Å². The first-order valence-corrected chi connectivity index (χ1v) is 19.1. The molecule has 15 heteroatoms. The minimum Gasteiger partial charge on any atom is -0.476 e. The standard InChI is InChI=1S/C41H39F5N8O2/c1-3-24-20-53-25(19-48-24)10-12-30-33-36(34(43)35(49-30)28-8-5-7-23-9-11-29(42)27(4-2)32(23)28)51-39(52-37(33)53)56-22-40-15-6-18-54(40)26(13-16-40)21-55-31-14-17-47-38(50-31)41(44,45)46/h2,5,7-9,11,14,17,24-26,48H,3,6,10,12-13,15-16,18-22H2,1H3/t24-,25-,26+,40?/m1/s1. The van der Waals surface area contributed by atoms with E-state index in [4.69, 9.17) is 30.8 Å². The summed E-state index contributed by atoms with van der Waals surface area (Å²) in [5.74, 6) is 0.411. The highest BCUT2D eigenvalue weighted by Crippen LogP contribution is 2.44. The number of terminal acetylenes is 1. The zero-order valence-corrected chi connectivity index (χ0v) is 30.7. The van der Waals surface area contributed by atoms with Crippen molar-refractivity contribution in [1.29, 1.82) is 0 Å². The number of rotatable bonds is 8. The Kier molecular flexibility index (Phi) is 9.16. The Morgan fingerprint density at radius 2 is 1.89 bits per heavy atom. The molecule has 290 valence electrons. The lowest BCUT2D eigenvalue weighted by molar-refractivity contribution is -0.145. The number of piperazine rings is 1. The van der Waals surface area contributed by atoms with Gasteiger partial charge in [0.05, 0.1) is 22.2 Å². The molecular weight excluding hydrogens is 731 g/mol. The summed E-state index contributed by atoms with van der Waals surface area (Å²) in [5, 5.41) is 5.24. The number of pyridine rings is 1. The van der Waals surface area contributed by atoms with Crippen LogP contribution in [-0.2, 0) is 12.6 Å². The number of ether oxygens (including phenoxy) is 2. The summed E-state index contributed by atoms with van der Waals surface area (Å²) in [5.41, 5.74) is 0.788. The molecule has 0 amide bonds. The van der Waals surface area contributed by atoms with E-state index in [0.717, 1.165) is 57.8 Å². The molecule has 0 radical (unpaired) electrons. The molecule has 3 aromatic heterocycles. The van der Waals surface area contributed by atoms with Crippen molar-refractivity contribution in [3.05, 3.63) is 71.3 Å². The number of hydrogen-bond donors (Lipinski definition) is 1. The van der Waals surface area contributed by atoms with Crippen molar-refractivity contribution in [1.82, 2.24) is 35.1 Å². The molecule has 2 aromatic carbocycles. The highest BCUT2D eigenvalue weighted by molar-refractivity contribution is 6.02. The van der Waals surface area contributed by atoms with Gasteiger partial charge < -0.3 is 19.7 Å². The maximum atomic E-state index is 17.3. The van der Waals surface area contributed by atoms with Gasteiger partial charge in [0.25, 0.3) is 0 Å². The van der Waals surface area contributed by atoms with Crippen LogP contribution in [0.25, 0.3) is 32.9 Å². The summed E-state index contributed by atoms with van der Waals surface area (Å²) >= 11 is 0. The van der Waals surface area contributed by atoms with Crippen LogP contribution < -0.4 is 19.7 Å². The molecule has 1 N–H and O–H groups in total. The fourth-order valence-electron chi connectivity index (χ4n) is 9.22. The second kappa shape index (κ2) is 14.1. The molecule has 3 fully saturated rings. The van der Waals surface area contributed by atoms with Gasteiger partial charge in [-0.05, 0) is 62.9 Å². The summed E-state index contributed by atoms with van der Waals surface area (Å²) in [4.78, 5) is 26.1. The smallest absolute Gasteiger partial charge is 0.451 e. The molecule has 0 aliphatic carbocycles. The molecule has 4 aliphatic rings. The number of hydrogen-bond acceptors (Lipinski definition) is 10. The number of alkyl halides is 3. The summed E-state index contributed by atoms with van der Waals surface area (Å²) in [7, 11) is 0. The molecule has 4 atom stereocenters. The number of aryl methyl sites for hydroxylation is 1. The van der Waals surface area contributed by atoms with Crippen LogP contribution in [0, 0.1) is 24.0 Å². The number of fused-ring (bicyclic) bond motifs is 4. The number of aromatic nitrogens is 5. The Hall–Kier alpha value is -5.20. The molecule has 0 bridgehead atoms. The molecular formula is C41H39F5N8O2. The van der Waals surface area contributed by atoms with E-state index < -0.39 is 23.6 Å². The Balaban J connectivity index is 1.08. The van der Waals surface area contributed by atoms with Gasteiger partial charge in [-0.3, -0.25) is 4.90 Å². The first-order valence-electron chi connectivity index (χ1n) is 19.1. The topological polar surface area (TPSA) is 101 Å². The van der Waals surface area contributed by atoms with Gasteiger partial charge in [-0.2, -0.15) is 28.1 Å². The number of anilines is 1. The molecule has 4 aliphatic heterocycles. The number of nitrogens with one attached hydrogen (secondary N) is 1. The quantitative estimate of drug-likeness (QED) is 0.133. The first-order chi connectivity index (χ1) is 27.1. The maximum absolute atomic E-state index is 17.3. The Morgan fingerprint density at radius 1 is 1.02 bits per heavy atom. The number of halogens is 5. The van der Waals surface area contributed by atoms with E-state index in [1.165, 1.54) is 12.1 Å². The van der Waals surface area contributed by atoms with Gasteiger partial charge in [-0.1, -0.05) is 37.1 Å². The Bertz CT molecular complexity index is 2390. The van der Waals surface area contributed by atoms with Crippen molar-refractivity contribution in [2.45, 2.75) is 81.7 Å². The van der Waals surface area contributed by atoms with Gasteiger partial charge >= 0.3 is 12.2 Å². The molecule has 0 saturated carbocycles. The highest BCUT2D eigenvalue weighted by Gasteiger charge is 2.50. The summed E-state index contributed by atoms with van der Waals surface area (Å²) in [6.45, 7) is 4.66. The molecule has 3 saturated heterocycles. The van der Waals surface area contributed by atoms with Crippen molar-refractivity contribution < 1.29 is 31.4 Å². The van der Waals surface area contributed by atoms with Crippen LogP contribution in [0.5, 0.6) is 11.9 Å². The first kappa shape index (κ1) is 36.4. The van der Waals surface area contributed by atoms with Gasteiger partial charge in [-0.15, -0.1) is 6.42 Å². The lowest BCUT2D eigenvalue weighted by Gasteiger charge is -2.40. The fourth-order valence-corrected chi connectivity index (χ4v) is 9.22. The minimum atomic E-state index is -4.68. The van der Waals surface area contributed by atoms with E-state index in [0.29, 0.717) is 46.2 Å². The predicted molar refractivity (Wildman–Crippen MR) is 199 cm³/mol. The highest BCUT2D eigenvalue weighted by atomic mass is 19.4. The second-order valence-corrected chi connectivity index (χ2v) is 15.1. The van der Waals surface area contributed by atoms with Crippen molar-refractivity contribution in [3.63, 3.8) is 0 Å². The van der Waals surface area contributed by atoms with Crippen LogP contribution in [0.3, 0.4) is 0 Å². The third-order valence-electron chi connectivity index (χ3n) is 12.0. The zero-order chi connectivity index (χ0) is 38.8. The van der Waals surface area contributed by atoms with E-state index in [1.807, 2.05) is 0 Å². The molecule has 10 nitrogen and oxygen atoms in total. The summed E-state index contributed by atoms with van der Waals surface area (Å²) in [6.07, 6.45) is 7.59. The minimum absolute atomic E-state index is 0.0328. The van der Waals surface area contributed by atoms with Crippen molar-refractivity contribution in [2.75, 3.05) is 37.7 Å². The molecule has 56 heavy (non-hydrogen) atoms. The molecule has 5 aromatic rings. The predicted octanol–water partition coefficient (Wildman–Crippen LogP) is 6.87. The van der Waals surface area contributed by atoms with Crippen LogP contribution >= 0.6 is 0 Å². The fraction of sp³-hybridized carbons (Fsp3) is 0.439. The number of nitrogens with zero attached hydrogens (tertiary/aromatic N) is 7. The SMILES string of the molecule is C#Cc1c(F)ccc2cccc(-c3nc4c5c(nc(OCC67CCCN6[C@H](COc6ccnc(C(F)(F)F)n6)CC7)nc5c3F)N3C[C@@H](CC)NC[C@H]3CC4)c12. The van der Waals surface area contributed by atoms with Gasteiger partial charge in [0, 0.05) is 54.4 Å². The van der Waals surface area contributed by atoms with Crippen LogP contribution in [-0.4, -0.2) is 86.3 Å². The van der Waals surface area contributed by atoms with Gasteiger partial charge in [-0.25, -0.2) is 18.7 Å². The normalized spacial score (nSPS) is 23.5. The average Bonchev–Trinajstić information content (AvgIpc) is 3.73. The lowest BCUT2D eigenvalue weighted by atomic mass is 9.95. The van der Waals surface area contributed by atoms with Crippen LogP contribution in [0.2, 0.25) is 0 Å². The zero-order valence-electron chi connectivity index (χ0n) is 30.7. The lowest BCUT2D eigenvalue weighted by Crippen LogP contribution is -2.56. The van der Waals surface area contributed by atoms with Crippen molar-refractivity contribution in [2.24, 2.45) is 0 Å². The maximum Gasteiger partial charge on any atom is 0.451 e. The largest absolute Gasteiger partial charge is 0.476 e. The number of benzene rings is 2. The third-order valence-corrected chi connectivity index (χ3v) is 12.0. The van der Waals surface area contributed by atoms with E-state index >= 15 is 8.78 Å². The molecule has 9 rings (SSSR count). The monoisotopic (exact) mass is 770 g/mol. The Morgan fingerprint density at radius 3 is 2.71 bits per heavy atom. The van der Waals surface area contributed by atoms with Crippen LogP contribution in [0.15, 0.2) is 42.6 Å². The summed E-state index contributed by atoms with van der Waals surface area (Å²) in [6, 6.07) is 9.78. The molecule has 1 unspecified atom stereocenters. The van der Waals surface area contributed by atoms with E-state index in [1.54, 1.807) is 24.3 Å². The van der Waals surface area contributed by atoms with Crippen molar-refractivity contribution in [3.8, 4) is 35.5 Å². The van der Waals surface area contributed by atoms with Gasteiger partial charge in [0.2, 0.25) is 11.7 Å². The van der Waals surface area contributed by atoms with Crippen LogP contribution in [0.4, 0.5) is 27.8 Å². The van der Waals surface area contributed by atoms with Gasteiger partial charge in [0.1, 0.15) is 36.1 Å². The molecule has 0 spiro atoms. The molecule has 7 heterocycles. The van der Waals surface area contributed by atoms with E-state index in [-0.39, 0.29) is 65.5 Å². The summed E-state index contributed by atoms with van der Waals surface area (Å²) < 4.78 is 84.2. The van der Waals surface area contributed by atoms with Gasteiger partial charge in [0.15, 0.2) is 5.82 Å². The van der Waals surface area contributed by atoms with Crippen molar-refractivity contribution >= 4 is 27.5 Å². The average molecular weight is 771 g/mol. The van der Waals surface area contributed by atoms with Crippen LogP contribution in [0.1, 0.15) is 62.5 Å². The third kappa shape index (κ3) is 6.23.